The van der Waals surface area contributed by atoms with Crippen LogP contribution in [-0.4, -0.2) is 23.0 Å². The van der Waals surface area contributed by atoms with Crippen LogP contribution in [0.15, 0.2) is 29.7 Å². The minimum Gasteiger partial charge on any atom is -0.481 e. The fourth-order valence-corrected chi connectivity index (χ4v) is 2.87. The number of thiophene rings is 1. The molecule has 0 saturated heterocycles. The quantitative estimate of drug-likeness (QED) is 0.708. The van der Waals surface area contributed by atoms with Crippen LogP contribution in [0.3, 0.4) is 0 Å². The monoisotopic (exact) mass is 280 g/mol. The van der Waals surface area contributed by atoms with E-state index in [-0.39, 0.29) is 24.3 Å². The summed E-state index contributed by atoms with van der Waals surface area (Å²) in [5, 5.41) is 13.6. The van der Waals surface area contributed by atoms with Crippen LogP contribution < -0.4 is 11.1 Å². The number of aliphatic carboxylic acids is 1. The van der Waals surface area contributed by atoms with Gasteiger partial charge >= 0.3 is 5.97 Å². The van der Waals surface area contributed by atoms with Crippen molar-refractivity contribution in [3.05, 3.63) is 34.5 Å². The van der Waals surface area contributed by atoms with E-state index in [1.807, 2.05) is 23.6 Å². The third kappa shape index (κ3) is 3.65. The van der Waals surface area contributed by atoms with E-state index in [4.69, 9.17) is 10.8 Å². The Morgan fingerprint density at radius 1 is 1.53 bits per heavy atom. The molecule has 2 rings (SSSR count). The molecule has 0 aliphatic heterocycles. The highest BCUT2D eigenvalue weighted by molar-refractivity contribution is 7.10. The summed E-state index contributed by atoms with van der Waals surface area (Å²) in [6.07, 6.45) is 4.05. The van der Waals surface area contributed by atoms with E-state index in [1.54, 1.807) is 6.08 Å². The van der Waals surface area contributed by atoms with Crippen LogP contribution in [-0.2, 0) is 9.59 Å². The summed E-state index contributed by atoms with van der Waals surface area (Å²) < 4.78 is 0. The number of rotatable bonds is 5. The van der Waals surface area contributed by atoms with E-state index in [1.165, 1.54) is 11.3 Å². The number of hydrogen-bond acceptors (Lipinski definition) is 4. The first-order valence-corrected chi connectivity index (χ1v) is 6.93. The van der Waals surface area contributed by atoms with Crippen LogP contribution in [0, 0.1) is 5.92 Å². The molecule has 5 nitrogen and oxygen atoms in total. The van der Waals surface area contributed by atoms with Gasteiger partial charge in [-0.3, -0.25) is 9.59 Å². The fourth-order valence-electron chi connectivity index (χ4n) is 2.09. The van der Waals surface area contributed by atoms with Crippen molar-refractivity contribution in [2.45, 2.75) is 24.9 Å². The summed E-state index contributed by atoms with van der Waals surface area (Å²) >= 11 is 1.44. The van der Waals surface area contributed by atoms with Gasteiger partial charge in [-0.1, -0.05) is 18.2 Å². The molecule has 0 saturated carbocycles. The number of nitrogens with two attached hydrogens (primary N) is 1. The largest absolute Gasteiger partial charge is 0.481 e. The Morgan fingerprint density at radius 2 is 2.32 bits per heavy atom. The highest BCUT2D eigenvalue weighted by atomic mass is 32.1. The average Bonchev–Trinajstić information content (AvgIpc) is 2.97. The van der Waals surface area contributed by atoms with Crippen molar-refractivity contribution in [1.82, 2.24) is 5.32 Å². The van der Waals surface area contributed by atoms with Gasteiger partial charge in [-0.15, -0.1) is 11.3 Å². The smallest absolute Gasteiger partial charge is 0.305 e. The zero-order valence-corrected chi connectivity index (χ0v) is 11.1. The molecule has 4 N–H and O–H groups in total. The molecule has 1 aromatic rings. The molecule has 1 heterocycles. The average molecular weight is 280 g/mol. The van der Waals surface area contributed by atoms with Gasteiger partial charge in [0.05, 0.1) is 18.4 Å². The molecule has 102 valence electrons. The van der Waals surface area contributed by atoms with Crippen molar-refractivity contribution >= 4 is 23.2 Å². The van der Waals surface area contributed by atoms with Crippen LogP contribution in [0.5, 0.6) is 0 Å². The van der Waals surface area contributed by atoms with Gasteiger partial charge in [0.2, 0.25) is 5.91 Å². The second-order valence-electron chi connectivity index (χ2n) is 4.57. The minimum atomic E-state index is -0.933. The zero-order valence-electron chi connectivity index (χ0n) is 10.3. The van der Waals surface area contributed by atoms with Crippen molar-refractivity contribution in [2.24, 2.45) is 11.7 Å². The summed E-state index contributed by atoms with van der Waals surface area (Å²) in [5.74, 6) is -1.35. The molecule has 1 aliphatic carbocycles. The highest BCUT2D eigenvalue weighted by Gasteiger charge is 2.26. The lowest BCUT2D eigenvalue weighted by molar-refractivity contribution is -0.137. The second-order valence-corrected chi connectivity index (χ2v) is 5.54. The fraction of sp³-hybridized carbons (Fsp3) is 0.385. The number of carboxylic acid groups (broad SMARTS) is 1. The Labute approximate surface area is 115 Å². The predicted molar refractivity (Wildman–Crippen MR) is 72.7 cm³/mol. The summed E-state index contributed by atoms with van der Waals surface area (Å²) in [6.45, 7) is 0. The summed E-state index contributed by atoms with van der Waals surface area (Å²) in [7, 11) is 0. The van der Waals surface area contributed by atoms with E-state index in [2.05, 4.69) is 5.32 Å². The van der Waals surface area contributed by atoms with Crippen molar-refractivity contribution < 1.29 is 14.7 Å². The van der Waals surface area contributed by atoms with Crippen LogP contribution in [0.1, 0.15) is 23.8 Å². The molecule has 1 amide bonds. The molecule has 19 heavy (non-hydrogen) atoms. The molecule has 0 radical (unpaired) electrons. The topological polar surface area (TPSA) is 92.4 Å². The van der Waals surface area contributed by atoms with Gasteiger partial charge in [0.1, 0.15) is 0 Å². The van der Waals surface area contributed by atoms with Gasteiger partial charge < -0.3 is 16.2 Å². The normalized spacial score (nSPS) is 23.2. The molecule has 0 aromatic carbocycles. The SMILES string of the molecule is NC1C=CC(C(=O)NC(CC(=O)O)c2cccs2)C1. The maximum Gasteiger partial charge on any atom is 0.305 e. The van der Waals surface area contributed by atoms with Crippen LogP contribution in [0.2, 0.25) is 0 Å². The van der Waals surface area contributed by atoms with Gasteiger partial charge in [-0.05, 0) is 17.9 Å². The van der Waals surface area contributed by atoms with Gasteiger partial charge in [0, 0.05) is 10.9 Å². The molecule has 6 heteroatoms. The second kappa shape index (κ2) is 5.99. The van der Waals surface area contributed by atoms with E-state index >= 15 is 0 Å². The number of carbonyl (C=O) groups is 2. The molecular formula is C13H16N2O3S. The molecule has 3 unspecified atom stereocenters. The molecular weight excluding hydrogens is 264 g/mol. The molecule has 0 bridgehead atoms. The van der Waals surface area contributed by atoms with Crippen LogP contribution in [0.25, 0.3) is 0 Å². The summed E-state index contributed by atoms with van der Waals surface area (Å²) in [6, 6.07) is 3.10. The van der Waals surface area contributed by atoms with Gasteiger partial charge in [-0.2, -0.15) is 0 Å². The predicted octanol–water partition coefficient (Wildman–Crippen LogP) is 1.28. The maximum atomic E-state index is 12.1. The third-order valence-electron chi connectivity index (χ3n) is 3.04. The first-order chi connectivity index (χ1) is 9.06. The van der Waals surface area contributed by atoms with Gasteiger partial charge in [0.25, 0.3) is 0 Å². The Kier molecular flexibility index (Phi) is 4.34. The summed E-state index contributed by atoms with van der Waals surface area (Å²) in [5.41, 5.74) is 5.71. The van der Waals surface area contributed by atoms with Gasteiger partial charge in [0.15, 0.2) is 0 Å². The van der Waals surface area contributed by atoms with Crippen molar-refractivity contribution in [3.8, 4) is 0 Å². The van der Waals surface area contributed by atoms with Crippen LogP contribution >= 0.6 is 11.3 Å². The number of nitrogens with one attached hydrogen (secondary N) is 1. The lowest BCUT2D eigenvalue weighted by atomic mass is 10.1. The molecule has 1 aliphatic rings. The molecule has 0 spiro atoms. The van der Waals surface area contributed by atoms with Gasteiger partial charge in [-0.25, -0.2) is 0 Å². The number of carbonyl (C=O) groups excluding carboxylic acids is 1. The molecule has 1 aromatic heterocycles. The van der Waals surface area contributed by atoms with Crippen molar-refractivity contribution in [1.29, 1.82) is 0 Å². The van der Waals surface area contributed by atoms with Crippen molar-refractivity contribution in [2.75, 3.05) is 0 Å². The first kappa shape index (κ1) is 13.8. The Bertz CT molecular complexity index is 484. The molecule has 0 fully saturated rings. The lowest BCUT2D eigenvalue weighted by Gasteiger charge is -2.18. The maximum absolute atomic E-state index is 12.1. The van der Waals surface area contributed by atoms with E-state index in [0.717, 1.165) is 4.88 Å². The van der Waals surface area contributed by atoms with E-state index < -0.39 is 12.0 Å². The van der Waals surface area contributed by atoms with E-state index in [9.17, 15) is 9.59 Å². The Morgan fingerprint density at radius 3 is 2.84 bits per heavy atom. The minimum absolute atomic E-state index is 0.0876. The summed E-state index contributed by atoms with van der Waals surface area (Å²) in [4.78, 5) is 23.8. The third-order valence-corrected chi connectivity index (χ3v) is 4.02. The Hall–Kier alpha value is -1.66. The zero-order chi connectivity index (χ0) is 13.8. The molecule has 3 atom stereocenters. The first-order valence-electron chi connectivity index (χ1n) is 6.05. The number of carboxylic acids is 1. The van der Waals surface area contributed by atoms with Crippen LogP contribution in [0.4, 0.5) is 0 Å². The number of hydrogen-bond donors (Lipinski definition) is 3. The lowest BCUT2D eigenvalue weighted by Crippen LogP contribution is -2.34. The van der Waals surface area contributed by atoms with E-state index in [0.29, 0.717) is 6.42 Å². The number of amides is 1. The highest BCUT2D eigenvalue weighted by Crippen LogP contribution is 2.24. The standard InChI is InChI=1S/C13H16N2O3S/c14-9-4-3-8(6-9)13(18)15-10(7-12(16)17)11-2-1-5-19-11/h1-5,8-10H,6-7,14H2,(H,15,18)(H,16,17). The van der Waals surface area contributed by atoms with Crippen molar-refractivity contribution in [3.63, 3.8) is 0 Å². The Balaban J connectivity index is 2.02.